The number of carbonyl (C=O) groups is 1. The maximum absolute atomic E-state index is 13.5. The zero-order valence-electron chi connectivity index (χ0n) is 16.2. The van der Waals surface area contributed by atoms with Gasteiger partial charge in [0.25, 0.3) is 0 Å². The molecule has 1 aromatic heterocycles. The topological polar surface area (TPSA) is 46.3 Å². The van der Waals surface area contributed by atoms with Gasteiger partial charge in [-0.25, -0.2) is 8.78 Å². The molecule has 3 aromatic rings. The third-order valence-electron chi connectivity index (χ3n) is 4.84. The second-order valence-electron chi connectivity index (χ2n) is 6.79. The molecule has 7 heteroatoms. The van der Waals surface area contributed by atoms with Crippen molar-refractivity contribution < 1.29 is 13.6 Å². The number of rotatable bonds is 6. The number of benzene rings is 2. The largest absolute Gasteiger partial charge is 0.316 e. The van der Waals surface area contributed by atoms with Crippen LogP contribution in [-0.2, 0) is 11.2 Å². The Hall–Kier alpha value is -2.28. The predicted molar refractivity (Wildman–Crippen MR) is 117 cm³/mol. The average molecular weight is 437 g/mol. The first-order valence-electron chi connectivity index (χ1n) is 8.97. The van der Waals surface area contributed by atoms with E-state index in [4.69, 9.17) is 5.73 Å². The van der Waals surface area contributed by atoms with E-state index >= 15 is 0 Å². The first-order chi connectivity index (χ1) is 13.4. The molecule has 0 radical (unpaired) electrons. The first-order valence-corrected chi connectivity index (χ1v) is 9.91. The van der Waals surface area contributed by atoms with Gasteiger partial charge in [-0.2, -0.15) is 11.3 Å². The molecule has 1 unspecified atom stereocenters. The first kappa shape index (κ1) is 23.0. The lowest BCUT2D eigenvalue weighted by atomic mass is 10.1. The van der Waals surface area contributed by atoms with Gasteiger partial charge in [0.1, 0.15) is 6.04 Å². The molecule has 0 saturated carbocycles. The van der Waals surface area contributed by atoms with Crippen LogP contribution in [0.1, 0.15) is 28.3 Å². The number of anilines is 1. The van der Waals surface area contributed by atoms with Crippen LogP contribution in [0.15, 0.2) is 53.2 Å². The Morgan fingerprint density at radius 3 is 2.45 bits per heavy atom. The molecular weight excluding hydrogens is 414 g/mol. The van der Waals surface area contributed by atoms with Crippen molar-refractivity contribution in [3.8, 4) is 0 Å². The lowest BCUT2D eigenvalue weighted by Gasteiger charge is -2.26. The maximum atomic E-state index is 13.5. The molecule has 1 heterocycles. The number of nitrogens with two attached hydrogens (primary N) is 1. The summed E-state index contributed by atoms with van der Waals surface area (Å²) in [6.45, 7) is 4.30. The third-order valence-corrected chi connectivity index (χ3v) is 5.55. The molecule has 154 valence electrons. The van der Waals surface area contributed by atoms with Gasteiger partial charge >= 0.3 is 0 Å². The fourth-order valence-corrected chi connectivity index (χ4v) is 3.66. The lowest BCUT2D eigenvalue weighted by Crippen LogP contribution is -2.40. The normalized spacial score (nSPS) is 11.6. The summed E-state index contributed by atoms with van der Waals surface area (Å²) in [4.78, 5) is 14.8. The van der Waals surface area contributed by atoms with E-state index in [2.05, 4.69) is 0 Å². The Balaban J connectivity index is 0.00000300. The number of carbonyl (C=O) groups excluding carboxylic acids is 1. The highest BCUT2D eigenvalue weighted by molar-refractivity contribution is 7.08. The summed E-state index contributed by atoms with van der Waals surface area (Å²) >= 11 is 1.48. The van der Waals surface area contributed by atoms with E-state index in [9.17, 15) is 13.6 Å². The molecule has 0 aliphatic heterocycles. The summed E-state index contributed by atoms with van der Waals surface area (Å²) in [6, 6.07) is 10.6. The Bertz CT molecular complexity index is 979. The van der Waals surface area contributed by atoms with E-state index in [1.165, 1.54) is 17.4 Å². The van der Waals surface area contributed by atoms with Crippen molar-refractivity contribution in [3.63, 3.8) is 0 Å². The van der Waals surface area contributed by atoms with Crippen molar-refractivity contribution in [3.05, 3.63) is 87.1 Å². The van der Waals surface area contributed by atoms with Gasteiger partial charge in [0.15, 0.2) is 11.6 Å². The highest BCUT2D eigenvalue weighted by Crippen LogP contribution is 2.24. The molecule has 0 aliphatic rings. The van der Waals surface area contributed by atoms with Crippen LogP contribution in [0.5, 0.6) is 0 Å². The van der Waals surface area contributed by atoms with Crippen molar-refractivity contribution in [1.82, 2.24) is 0 Å². The number of thiophene rings is 1. The minimum atomic E-state index is -0.892. The van der Waals surface area contributed by atoms with Gasteiger partial charge < -0.3 is 10.6 Å². The number of hydrogen-bond donors (Lipinski definition) is 1. The van der Waals surface area contributed by atoms with E-state index < -0.39 is 17.7 Å². The number of hydrogen-bond acceptors (Lipinski definition) is 3. The molecule has 2 aromatic carbocycles. The SMILES string of the molecule is Cc1ccc(N(CCc2ccc(F)c(F)c2)C(=O)C(N)c2ccsc2)cc1C.Cl. The van der Waals surface area contributed by atoms with E-state index in [1.807, 2.05) is 48.9 Å². The molecule has 3 rings (SSSR count). The van der Waals surface area contributed by atoms with Gasteiger partial charge in [-0.1, -0.05) is 12.1 Å². The van der Waals surface area contributed by atoms with Gasteiger partial charge in [0, 0.05) is 12.2 Å². The Morgan fingerprint density at radius 2 is 1.83 bits per heavy atom. The molecule has 0 fully saturated rings. The summed E-state index contributed by atoms with van der Waals surface area (Å²) < 4.78 is 26.7. The van der Waals surface area contributed by atoms with Gasteiger partial charge in [-0.05, 0) is 83.6 Å². The van der Waals surface area contributed by atoms with Gasteiger partial charge in [0.05, 0.1) is 0 Å². The van der Waals surface area contributed by atoms with Crippen molar-refractivity contribution >= 4 is 35.3 Å². The highest BCUT2D eigenvalue weighted by Gasteiger charge is 2.24. The van der Waals surface area contributed by atoms with Crippen LogP contribution in [-0.4, -0.2) is 12.5 Å². The molecule has 3 nitrogen and oxygen atoms in total. The summed E-state index contributed by atoms with van der Waals surface area (Å²) in [5.74, 6) is -2.01. The number of nitrogens with zero attached hydrogens (tertiary/aromatic N) is 1. The fourth-order valence-electron chi connectivity index (χ4n) is 2.96. The minimum Gasteiger partial charge on any atom is -0.316 e. The van der Waals surface area contributed by atoms with Crippen LogP contribution in [0.2, 0.25) is 0 Å². The second kappa shape index (κ2) is 9.96. The Kier molecular flexibility index (Phi) is 7.90. The van der Waals surface area contributed by atoms with Crippen molar-refractivity contribution in [2.24, 2.45) is 5.73 Å². The predicted octanol–water partition coefficient (Wildman–Crippen LogP) is 5.34. The zero-order chi connectivity index (χ0) is 20.3. The average Bonchev–Trinajstić information content (AvgIpc) is 3.21. The van der Waals surface area contributed by atoms with E-state index in [0.29, 0.717) is 18.5 Å². The molecule has 0 spiro atoms. The third kappa shape index (κ3) is 5.41. The monoisotopic (exact) mass is 436 g/mol. The molecule has 0 bridgehead atoms. The van der Waals surface area contributed by atoms with Crippen LogP contribution >= 0.6 is 23.7 Å². The molecular formula is C22H23ClF2N2OS. The quantitative estimate of drug-likeness (QED) is 0.566. The fraction of sp³-hybridized carbons (Fsp3) is 0.227. The molecule has 29 heavy (non-hydrogen) atoms. The number of aryl methyl sites for hydroxylation is 2. The zero-order valence-corrected chi connectivity index (χ0v) is 17.8. The minimum absolute atomic E-state index is 0. The van der Waals surface area contributed by atoms with Crippen molar-refractivity contribution in [1.29, 1.82) is 0 Å². The maximum Gasteiger partial charge on any atom is 0.248 e. The molecule has 0 aliphatic carbocycles. The Morgan fingerprint density at radius 1 is 1.07 bits per heavy atom. The van der Waals surface area contributed by atoms with Crippen LogP contribution in [0.25, 0.3) is 0 Å². The summed E-state index contributed by atoms with van der Waals surface area (Å²) in [7, 11) is 0. The standard InChI is InChI=1S/C22H22F2N2OS.ClH/c1-14-3-5-18(11-15(14)2)26(22(27)21(25)17-8-10-28-13-17)9-7-16-4-6-19(23)20(24)12-16;/h3-6,8,10-13,21H,7,9,25H2,1-2H3;1H. The second-order valence-corrected chi connectivity index (χ2v) is 7.57. The highest BCUT2D eigenvalue weighted by atomic mass is 35.5. The van der Waals surface area contributed by atoms with Crippen LogP contribution in [0.3, 0.4) is 0 Å². The van der Waals surface area contributed by atoms with Gasteiger partial charge in [0.2, 0.25) is 5.91 Å². The molecule has 2 N–H and O–H groups in total. The molecule has 0 saturated heterocycles. The van der Waals surface area contributed by atoms with Gasteiger partial charge in [-0.15, -0.1) is 12.4 Å². The van der Waals surface area contributed by atoms with E-state index in [-0.39, 0.29) is 18.3 Å². The summed E-state index contributed by atoms with van der Waals surface area (Å²) in [5, 5.41) is 3.74. The number of halogens is 3. The van der Waals surface area contributed by atoms with Crippen molar-refractivity contribution in [2.45, 2.75) is 26.3 Å². The number of amides is 1. The van der Waals surface area contributed by atoms with Crippen LogP contribution in [0, 0.1) is 25.5 Å². The van der Waals surface area contributed by atoms with Crippen molar-refractivity contribution in [2.75, 3.05) is 11.4 Å². The van der Waals surface area contributed by atoms with E-state index in [0.717, 1.165) is 34.5 Å². The molecule has 1 atom stereocenters. The Labute approximate surface area is 179 Å². The lowest BCUT2D eigenvalue weighted by molar-refractivity contribution is -0.119. The smallest absolute Gasteiger partial charge is 0.248 e. The van der Waals surface area contributed by atoms with Gasteiger partial charge in [-0.3, -0.25) is 4.79 Å². The summed E-state index contributed by atoms with van der Waals surface area (Å²) in [6.07, 6.45) is 0.381. The molecule has 1 amide bonds. The van der Waals surface area contributed by atoms with E-state index in [1.54, 1.807) is 4.90 Å². The summed E-state index contributed by atoms with van der Waals surface area (Å²) in [5.41, 5.74) is 10.5. The van der Waals surface area contributed by atoms with Crippen LogP contribution in [0.4, 0.5) is 14.5 Å². The van der Waals surface area contributed by atoms with Crippen LogP contribution < -0.4 is 10.6 Å².